The quantitative estimate of drug-likeness (QED) is 0.817. The van der Waals surface area contributed by atoms with E-state index >= 15 is 0 Å². The molecule has 0 bridgehead atoms. The summed E-state index contributed by atoms with van der Waals surface area (Å²) in [6, 6.07) is 15.1. The van der Waals surface area contributed by atoms with E-state index in [-0.39, 0.29) is 12.0 Å². The largest absolute Gasteiger partial charge is 0.491 e. The fourth-order valence-corrected chi connectivity index (χ4v) is 2.19. The zero-order chi connectivity index (χ0) is 17.5. The van der Waals surface area contributed by atoms with Gasteiger partial charge in [-0.2, -0.15) is 0 Å². The van der Waals surface area contributed by atoms with Crippen molar-refractivity contribution < 1.29 is 14.3 Å². The van der Waals surface area contributed by atoms with Crippen molar-refractivity contribution in [3.63, 3.8) is 0 Å². The van der Waals surface area contributed by atoms with Crippen LogP contribution in [0.4, 0.5) is 5.69 Å². The van der Waals surface area contributed by atoms with E-state index in [1.54, 1.807) is 6.92 Å². The zero-order valence-corrected chi connectivity index (χ0v) is 14.7. The molecule has 2 rings (SSSR count). The molecule has 128 valence electrons. The standard InChI is InChI=1S/C20H25NO3/c1-5-16-6-10-19(11-7-16)24-15(4)20(22)21-17-8-12-18(13-9-17)23-14(2)3/h6-15H,5H2,1-4H3,(H,21,22). The Balaban J connectivity index is 1.90. The van der Waals surface area contributed by atoms with Crippen LogP contribution < -0.4 is 14.8 Å². The van der Waals surface area contributed by atoms with Crippen LogP contribution in [0.2, 0.25) is 0 Å². The molecular formula is C20H25NO3. The Morgan fingerprint density at radius 3 is 2.00 bits per heavy atom. The Morgan fingerprint density at radius 2 is 1.46 bits per heavy atom. The molecular weight excluding hydrogens is 302 g/mol. The maximum Gasteiger partial charge on any atom is 0.265 e. The number of carbonyl (C=O) groups excluding carboxylic acids is 1. The number of hydrogen-bond donors (Lipinski definition) is 1. The minimum absolute atomic E-state index is 0.123. The van der Waals surface area contributed by atoms with Crippen molar-refractivity contribution in [3.8, 4) is 11.5 Å². The van der Waals surface area contributed by atoms with Gasteiger partial charge in [-0.25, -0.2) is 0 Å². The van der Waals surface area contributed by atoms with E-state index in [1.807, 2.05) is 62.4 Å². The van der Waals surface area contributed by atoms with Crippen LogP contribution in [0.15, 0.2) is 48.5 Å². The van der Waals surface area contributed by atoms with E-state index in [0.717, 1.165) is 12.2 Å². The van der Waals surface area contributed by atoms with E-state index in [1.165, 1.54) is 5.56 Å². The van der Waals surface area contributed by atoms with Gasteiger partial charge in [0.05, 0.1) is 6.10 Å². The third-order valence-corrected chi connectivity index (χ3v) is 3.51. The molecule has 1 unspecified atom stereocenters. The summed E-state index contributed by atoms with van der Waals surface area (Å²) in [5, 5.41) is 2.85. The highest BCUT2D eigenvalue weighted by molar-refractivity contribution is 5.94. The van der Waals surface area contributed by atoms with Crippen LogP contribution >= 0.6 is 0 Å². The predicted octanol–water partition coefficient (Wildman–Crippen LogP) is 4.44. The van der Waals surface area contributed by atoms with E-state index < -0.39 is 6.10 Å². The van der Waals surface area contributed by atoms with Crippen LogP contribution in [0.5, 0.6) is 11.5 Å². The van der Waals surface area contributed by atoms with Crippen molar-refractivity contribution in [1.29, 1.82) is 0 Å². The molecule has 4 nitrogen and oxygen atoms in total. The number of hydrogen-bond acceptors (Lipinski definition) is 3. The van der Waals surface area contributed by atoms with Gasteiger partial charge in [-0.15, -0.1) is 0 Å². The number of aryl methyl sites for hydroxylation is 1. The first-order valence-corrected chi connectivity index (χ1v) is 8.31. The normalized spacial score (nSPS) is 11.9. The highest BCUT2D eigenvalue weighted by Gasteiger charge is 2.15. The summed E-state index contributed by atoms with van der Waals surface area (Å²) in [6.07, 6.45) is 0.523. The van der Waals surface area contributed by atoms with Crippen molar-refractivity contribution in [2.24, 2.45) is 0 Å². The first kappa shape index (κ1) is 17.9. The minimum Gasteiger partial charge on any atom is -0.491 e. The predicted molar refractivity (Wildman–Crippen MR) is 96.7 cm³/mol. The molecule has 0 aromatic heterocycles. The number of nitrogens with one attached hydrogen (secondary N) is 1. The first-order chi connectivity index (χ1) is 11.5. The highest BCUT2D eigenvalue weighted by Crippen LogP contribution is 2.18. The Morgan fingerprint density at radius 1 is 0.917 bits per heavy atom. The Bertz CT molecular complexity index is 648. The number of carbonyl (C=O) groups is 1. The van der Waals surface area contributed by atoms with Crippen LogP contribution in [-0.4, -0.2) is 18.1 Å². The van der Waals surface area contributed by atoms with Gasteiger partial charge >= 0.3 is 0 Å². The molecule has 0 spiro atoms. The molecule has 0 aliphatic rings. The lowest BCUT2D eigenvalue weighted by Crippen LogP contribution is -2.30. The van der Waals surface area contributed by atoms with Gasteiger partial charge in [0.15, 0.2) is 6.10 Å². The molecule has 1 amide bonds. The SMILES string of the molecule is CCc1ccc(OC(C)C(=O)Nc2ccc(OC(C)C)cc2)cc1. The minimum atomic E-state index is -0.580. The van der Waals surface area contributed by atoms with Gasteiger partial charge in [-0.05, 0) is 69.2 Å². The smallest absolute Gasteiger partial charge is 0.265 e. The maximum atomic E-state index is 12.2. The van der Waals surface area contributed by atoms with Gasteiger partial charge in [0.2, 0.25) is 0 Å². The number of anilines is 1. The molecule has 0 fully saturated rings. The van der Waals surface area contributed by atoms with Gasteiger partial charge in [0.25, 0.3) is 5.91 Å². The molecule has 0 heterocycles. The number of benzene rings is 2. The fourth-order valence-electron chi connectivity index (χ4n) is 2.19. The molecule has 2 aromatic carbocycles. The summed E-state index contributed by atoms with van der Waals surface area (Å²) in [6.45, 7) is 7.78. The topological polar surface area (TPSA) is 47.6 Å². The third-order valence-electron chi connectivity index (χ3n) is 3.51. The molecule has 24 heavy (non-hydrogen) atoms. The zero-order valence-electron chi connectivity index (χ0n) is 14.7. The van der Waals surface area contributed by atoms with Gasteiger partial charge in [-0.3, -0.25) is 4.79 Å². The second-order valence-corrected chi connectivity index (χ2v) is 5.94. The molecule has 2 aromatic rings. The van der Waals surface area contributed by atoms with Crippen molar-refractivity contribution in [3.05, 3.63) is 54.1 Å². The van der Waals surface area contributed by atoms with Crippen molar-refractivity contribution in [2.75, 3.05) is 5.32 Å². The Labute approximate surface area is 143 Å². The molecule has 0 radical (unpaired) electrons. The van der Waals surface area contributed by atoms with Crippen molar-refractivity contribution in [1.82, 2.24) is 0 Å². The van der Waals surface area contributed by atoms with Crippen molar-refractivity contribution in [2.45, 2.75) is 46.3 Å². The molecule has 0 aliphatic heterocycles. The molecule has 1 atom stereocenters. The first-order valence-electron chi connectivity index (χ1n) is 8.31. The van der Waals surface area contributed by atoms with Crippen LogP contribution in [-0.2, 0) is 11.2 Å². The highest BCUT2D eigenvalue weighted by atomic mass is 16.5. The van der Waals surface area contributed by atoms with Gasteiger partial charge in [0.1, 0.15) is 11.5 Å². The Kier molecular flexibility index (Phi) is 6.24. The summed E-state index contributed by atoms with van der Waals surface area (Å²) < 4.78 is 11.3. The van der Waals surface area contributed by atoms with Gasteiger partial charge in [-0.1, -0.05) is 19.1 Å². The van der Waals surface area contributed by atoms with Gasteiger partial charge in [0, 0.05) is 5.69 Å². The lowest BCUT2D eigenvalue weighted by molar-refractivity contribution is -0.122. The van der Waals surface area contributed by atoms with Crippen LogP contribution in [0, 0.1) is 0 Å². The van der Waals surface area contributed by atoms with Crippen LogP contribution in [0.25, 0.3) is 0 Å². The summed E-state index contributed by atoms with van der Waals surface area (Å²) >= 11 is 0. The average molecular weight is 327 g/mol. The monoisotopic (exact) mass is 327 g/mol. The van der Waals surface area contributed by atoms with E-state index in [4.69, 9.17) is 9.47 Å². The fraction of sp³-hybridized carbons (Fsp3) is 0.350. The molecule has 0 aliphatic carbocycles. The third kappa shape index (κ3) is 5.30. The summed E-state index contributed by atoms with van der Waals surface area (Å²) in [5.41, 5.74) is 1.95. The summed E-state index contributed by atoms with van der Waals surface area (Å²) in [7, 11) is 0. The maximum absolute atomic E-state index is 12.2. The lowest BCUT2D eigenvalue weighted by Gasteiger charge is -2.15. The number of amides is 1. The van der Waals surface area contributed by atoms with E-state index in [0.29, 0.717) is 11.4 Å². The Hall–Kier alpha value is -2.49. The molecule has 0 saturated carbocycles. The summed E-state index contributed by atoms with van der Waals surface area (Å²) in [5.74, 6) is 1.28. The molecule has 4 heteroatoms. The second-order valence-electron chi connectivity index (χ2n) is 5.94. The van der Waals surface area contributed by atoms with Gasteiger partial charge < -0.3 is 14.8 Å². The second kappa shape index (κ2) is 8.39. The molecule has 0 saturated heterocycles. The van der Waals surface area contributed by atoms with Crippen LogP contribution in [0.1, 0.15) is 33.3 Å². The lowest BCUT2D eigenvalue weighted by atomic mass is 10.2. The molecule has 1 N–H and O–H groups in total. The number of rotatable bonds is 7. The van der Waals surface area contributed by atoms with E-state index in [2.05, 4.69) is 12.2 Å². The number of ether oxygens (including phenoxy) is 2. The summed E-state index contributed by atoms with van der Waals surface area (Å²) in [4.78, 5) is 12.2. The van der Waals surface area contributed by atoms with Crippen molar-refractivity contribution >= 4 is 11.6 Å². The average Bonchev–Trinajstić information content (AvgIpc) is 2.56. The van der Waals surface area contributed by atoms with E-state index in [9.17, 15) is 4.79 Å². The van der Waals surface area contributed by atoms with Crippen LogP contribution in [0.3, 0.4) is 0 Å².